The van der Waals surface area contributed by atoms with Gasteiger partial charge in [-0.05, 0) is 25.5 Å². The highest BCUT2D eigenvalue weighted by Gasteiger charge is 2.35. The van der Waals surface area contributed by atoms with Gasteiger partial charge in [0.1, 0.15) is 0 Å². The summed E-state index contributed by atoms with van der Waals surface area (Å²) in [5, 5.41) is 13.3. The molecule has 1 atom stereocenters. The molecule has 26 heavy (non-hydrogen) atoms. The van der Waals surface area contributed by atoms with Crippen molar-refractivity contribution >= 4 is 23.7 Å². The van der Waals surface area contributed by atoms with Gasteiger partial charge in [-0.3, -0.25) is 9.78 Å². The third kappa shape index (κ3) is 4.24. The minimum atomic E-state index is -0.618. The number of ether oxygens (including phenoxy) is 2. The Hall–Kier alpha value is -2.79. The molecule has 1 aromatic rings. The van der Waals surface area contributed by atoms with Gasteiger partial charge in [-0.15, -0.1) is 0 Å². The normalized spacial score (nSPS) is 16.6. The highest BCUT2D eigenvalue weighted by molar-refractivity contribution is 8.03. The largest absolute Gasteiger partial charge is 0.466 e. The molecule has 0 saturated carbocycles. The molecule has 0 bridgehead atoms. The van der Waals surface area contributed by atoms with Crippen LogP contribution in [-0.4, -0.2) is 36.4 Å². The van der Waals surface area contributed by atoms with E-state index in [4.69, 9.17) is 9.47 Å². The molecule has 1 aromatic heterocycles. The predicted octanol–water partition coefficient (Wildman–Crippen LogP) is 2.25. The molecule has 1 aliphatic rings. The molecule has 2 heterocycles. The molecule has 0 spiro atoms. The number of hydrogen-bond donors (Lipinski definition) is 1. The molecule has 0 radical (unpaired) electrons. The lowest BCUT2D eigenvalue weighted by molar-refractivity contribution is -0.140. The van der Waals surface area contributed by atoms with Gasteiger partial charge < -0.3 is 14.8 Å². The van der Waals surface area contributed by atoms with E-state index < -0.39 is 11.9 Å². The van der Waals surface area contributed by atoms with Crippen LogP contribution in [0.25, 0.3) is 0 Å². The van der Waals surface area contributed by atoms with E-state index in [-0.39, 0.29) is 11.7 Å². The van der Waals surface area contributed by atoms with Crippen LogP contribution in [-0.2, 0) is 19.1 Å². The summed E-state index contributed by atoms with van der Waals surface area (Å²) in [6, 6.07) is 5.70. The minimum Gasteiger partial charge on any atom is -0.466 e. The van der Waals surface area contributed by atoms with Crippen molar-refractivity contribution in [2.24, 2.45) is 0 Å². The highest BCUT2D eigenvalue weighted by Crippen LogP contribution is 2.40. The molecule has 2 rings (SSSR count). The van der Waals surface area contributed by atoms with Crippen LogP contribution < -0.4 is 5.32 Å². The SMILES string of the molecule is CCOC(=O)CSC1=C(C#N)C(c2cccnc2)C(C(=O)OC)=C(C)N1. The fourth-order valence-corrected chi connectivity index (χ4v) is 3.51. The number of hydrogen-bond acceptors (Lipinski definition) is 8. The van der Waals surface area contributed by atoms with Gasteiger partial charge in [0.2, 0.25) is 0 Å². The van der Waals surface area contributed by atoms with Crippen LogP contribution in [0.4, 0.5) is 0 Å². The molecular weight excluding hydrogens is 354 g/mol. The molecule has 0 amide bonds. The molecule has 0 fully saturated rings. The van der Waals surface area contributed by atoms with E-state index in [2.05, 4.69) is 16.4 Å². The van der Waals surface area contributed by atoms with Crippen molar-refractivity contribution in [2.45, 2.75) is 19.8 Å². The van der Waals surface area contributed by atoms with Crippen LogP contribution in [0.3, 0.4) is 0 Å². The Labute approximate surface area is 156 Å². The van der Waals surface area contributed by atoms with Gasteiger partial charge in [-0.1, -0.05) is 17.8 Å². The number of carbonyl (C=O) groups excluding carboxylic acids is 2. The first kappa shape index (κ1) is 19.5. The van der Waals surface area contributed by atoms with Crippen LogP contribution >= 0.6 is 11.8 Å². The van der Waals surface area contributed by atoms with Gasteiger partial charge in [0.15, 0.2) is 0 Å². The van der Waals surface area contributed by atoms with Crippen LogP contribution in [0.2, 0.25) is 0 Å². The van der Waals surface area contributed by atoms with Crippen molar-refractivity contribution in [2.75, 3.05) is 19.5 Å². The van der Waals surface area contributed by atoms with Gasteiger partial charge in [0.25, 0.3) is 0 Å². The molecule has 1 unspecified atom stereocenters. The molecule has 7 nitrogen and oxygen atoms in total. The Balaban J connectivity index is 2.46. The summed E-state index contributed by atoms with van der Waals surface area (Å²) < 4.78 is 9.83. The first-order valence-corrected chi connectivity index (χ1v) is 8.90. The number of nitriles is 1. The smallest absolute Gasteiger partial charge is 0.336 e. The molecule has 0 aromatic carbocycles. The Kier molecular flexibility index (Phi) is 6.81. The summed E-state index contributed by atoms with van der Waals surface area (Å²) in [7, 11) is 1.30. The number of esters is 2. The predicted molar refractivity (Wildman–Crippen MR) is 96.6 cm³/mol. The van der Waals surface area contributed by atoms with Crippen molar-refractivity contribution < 1.29 is 19.1 Å². The van der Waals surface area contributed by atoms with Gasteiger partial charge >= 0.3 is 11.9 Å². The summed E-state index contributed by atoms with van der Waals surface area (Å²) in [5.41, 5.74) is 1.94. The van der Waals surface area contributed by atoms with Crippen LogP contribution in [0.15, 0.2) is 46.4 Å². The third-order valence-corrected chi connectivity index (χ3v) is 4.70. The van der Waals surface area contributed by atoms with Gasteiger partial charge in [0, 0.05) is 18.1 Å². The number of methoxy groups -OCH3 is 1. The highest BCUT2D eigenvalue weighted by atomic mass is 32.2. The van der Waals surface area contributed by atoms with E-state index in [0.29, 0.717) is 34.0 Å². The maximum atomic E-state index is 12.3. The summed E-state index contributed by atoms with van der Waals surface area (Å²) in [6.45, 7) is 3.75. The minimum absolute atomic E-state index is 0.0575. The zero-order valence-electron chi connectivity index (χ0n) is 14.7. The first-order valence-electron chi connectivity index (χ1n) is 7.92. The standard InChI is InChI=1S/C18H19N3O4S/c1-4-25-14(22)10-26-17-13(8-19)16(12-6-5-7-20-9-12)15(11(2)21-17)18(23)24-3/h5-7,9,16,21H,4,10H2,1-3H3. The van der Waals surface area contributed by atoms with Crippen molar-refractivity contribution in [1.29, 1.82) is 5.26 Å². The van der Waals surface area contributed by atoms with Crippen molar-refractivity contribution in [1.82, 2.24) is 10.3 Å². The van der Waals surface area contributed by atoms with E-state index in [9.17, 15) is 14.9 Å². The Morgan fingerprint density at radius 3 is 2.81 bits per heavy atom. The summed E-state index contributed by atoms with van der Waals surface area (Å²) >= 11 is 1.17. The van der Waals surface area contributed by atoms with E-state index in [1.165, 1.54) is 18.9 Å². The number of rotatable bonds is 6. The number of aromatic nitrogens is 1. The van der Waals surface area contributed by atoms with Crippen molar-refractivity contribution in [3.8, 4) is 6.07 Å². The number of dihydropyridines is 1. The molecule has 8 heteroatoms. The summed E-state index contributed by atoms with van der Waals surface area (Å²) in [6.07, 6.45) is 3.22. The maximum Gasteiger partial charge on any atom is 0.336 e. The fraction of sp³-hybridized carbons (Fsp3) is 0.333. The summed E-state index contributed by atoms with van der Waals surface area (Å²) in [4.78, 5) is 28.1. The third-order valence-electron chi connectivity index (χ3n) is 3.71. The number of allylic oxidation sites excluding steroid dienone is 2. The van der Waals surface area contributed by atoms with Gasteiger partial charge in [-0.25, -0.2) is 4.79 Å². The van der Waals surface area contributed by atoms with Gasteiger partial charge in [-0.2, -0.15) is 5.26 Å². The Morgan fingerprint density at radius 2 is 2.23 bits per heavy atom. The zero-order chi connectivity index (χ0) is 19.1. The second kappa shape index (κ2) is 9.06. The van der Waals surface area contributed by atoms with E-state index in [0.717, 1.165) is 0 Å². The van der Waals surface area contributed by atoms with Crippen LogP contribution in [0.5, 0.6) is 0 Å². The average Bonchev–Trinajstić information content (AvgIpc) is 2.66. The van der Waals surface area contributed by atoms with Gasteiger partial charge in [0.05, 0.1) is 47.6 Å². The topological polar surface area (TPSA) is 101 Å². The Bertz CT molecular complexity index is 796. The van der Waals surface area contributed by atoms with Crippen LogP contribution in [0, 0.1) is 11.3 Å². The maximum absolute atomic E-state index is 12.3. The quantitative estimate of drug-likeness (QED) is 0.758. The van der Waals surface area contributed by atoms with E-state index in [1.807, 2.05) is 0 Å². The first-order chi connectivity index (χ1) is 12.5. The number of nitrogens with zero attached hydrogens (tertiary/aromatic N) is 2. The van der Waals surface area contributed by atoms with E-state index in [1.54, 1.807) is 38.4 Å². The monoisotopic (exact) mass is 373 g/mol. The average molecular weight is 373 g/mol. The fourth-order valence-electron chi connectivity index (χ4n) is 2.62. The molecule has 136 valence electrons. The lowest BCUT2D eigenvalue weighted by Gasteiger charge is -2.28. The number of carbonyl (C=O) groups is 2. The lowest BCUT2D eigenvalue weighted by Crippen LogP contribution is -2.29. The molecule has 0 aliphatic carbocycles. The van der Waals surface area contributed by atoms with Crippen LogP contribution in [0.1, 0.15) is 25.3 Å². The van der Waals surface area contributed by atoms with Crippen molar-refractivity contribution in [3.05, 3.63) is 52.0 Å². The number of nitrogens with one attached hydrogen (secondary N) is 1. The second-order valence-corrected chi connectivity index (χ2v) is 6.31. The zero-order valence-corrected chi connectivity index (χ0v) is 15.6. The molecule has 0 saturated heterocycles. The second-order valence-electron chi connectivity index (χ2n) is 5.32. The summed E-state index contributed by atoms with van der Waals surface area (Å²) in [5.74, 6) is -1.46. The van der Waals surface area contributed by atoms with E-state index >= 15 is 0 Å². The Morgan fingerprint density at radius 1 is 1.46 bits per heavy atom. The van der Waals surface area contributed by atoms with Crippen molar-refractivity contribution in [3.63, 3.8) is 0 Å². The molecular formula is C18H19N3O4S. The number of pyridine rings is 1. The lowest BCUT2D eigenvalue weighted by atomic mass is 9.83. The number of thioether (sulfide) groups is 1. The molecule has 1 N–H and O–H groups in total. The molecule has 1 aliphatic heterocycles.